The van der Waals surface area contributed by atoms with Crippen molar-refractivity contribution in [2.75, 3.05) is 32.1 Å². The zero-order valence-electron chi connectivity index (χ0n) is 25.2. The second-order valence-corrected chi connectivity index (χ2v) is 13.0. The number of fused-ring (bicyclic) bond motifs is 1. The number of thiocarbonyl (C=S) groups is 1. The van der Waals surface area contributed by atoms with Crippen LogP contribution in [0.2, 0.25) is 0 Å². The van der Waals surface area contributed by atoms with E-state index < -0.39 is 11.4 Å². The molecule has 0 aliphatic heterocycles. The Balaban J connectivity index is 1.25. The summed E-state index contributed by atoms with van der Waals surface area (Å²) in [4.78, 5) is 24.3. The molecule has 12 heteroatoms. The normalized spacial score (nSPS) is 13.0. The third kappa shape index (κ3) is 8.61. The molecule has 3 aromatic heterocycles. The lowest BCUT2D eigenvalue weighted by atomic mass is 10.1. The number of carbonyl (C=O) groups excluding carboxylic acids is 1. The molecule has 0 bridgehead atoms. The largest absolute Gasteiger partial charge is 0.453 e. The number of aromatic nitrogens is 2. The predicted octanol–water partition coefficient (Wildman–Crippen LogP) is 7.16. The van der Waals surface area contributed by atoms with Crippen LogP contribution in [-0.4, -0.2) is 64.5 Å². The molecule has 2 N–H and O–H groups in total. The Morgan fingerprint density at radius 2 is 1.93 bits per heavy atom. The van der Waals surface area contributed by atoms with Gasteiger partial charge in [-0.25, -0.2) is 9.18 Å². The molecule has 1 aliphatic carbocycles. The Hall–Kier alpha value is -3.87. The molecule has 0 atom stereocenters. The van der Waals surface area contributed by atoms with Crippen LogP contribution in [0.4, 0.5) is 14.9 Å². The van der Waals surface area contributed by atoms with Crippen LogP contribution in [0.5, 0.6) is 11.5 Å². The number of carbonyl (C=O) groups is 1. The molecule has 232 valence electrons. The molecule has 9 nitrogen and oxygen atoms in total. The van der Waals surface area contributed by atoms with Crippen molar-refractivity contribution in [3.63, 3.8) is 0 Å². The number of rotatable bonds is 11. The van der Waals surface area contributed by atoms with Gasteiger partial charge in [-0.2, -0.15) is 0 Å². The number of ether oxygens (including phenoxy) is 3. The molecule has 0 spiro atoms. The fourth-order valence-corrected chi connectivity index (χ4v) is 5.61. The van der Waals surface area contributed by atoms with Crippen molar-refractivity contribution in [1.29, 1.82) is 0 Å². The van der Waals surface area contributed by atoms with E-state index in [1.165, 1.54) is 17.4 Å². The van der Waals surface area contributed by atoms with Crippen molar-refractivity contribution in [1.82, 2.24) is 20.2 Å². The lowest BCUT2D eigenvalue weighted by Gasteiger charge is -2.27. The number of thiophene rings is 1. The maximum absolute atomic E-state index is 15.0. The summed E-state index contributed by atoms with van der Waals surface area (Å²) in [5.41, 5.74) is 2.47. The number of hydrogen-bond donors (Lipinski definition) is 2. The summed E-state index contributed by atoms with van der Waals surface area (Å²) in [6.45, 7) is 6.88. The summed E-state index contributed by atoms with van der Waals surface area (Å²) >= 11 is 6.76. The molecular formula is C32H36FN5O4S2. The Morgan fingerprint density at radius 1 is 1.11 bits per heavy atom. The smallest absolute Gasteiger partial charge is 0.410 e. The molecule has 0 radical (unpaired) electrons. The fourth-order valence-electron chi connectivity index (χ4n) is 4.29. The number of anilines is 1. The van der Waals surface area contributed by atoms with Gasteiger partial charge in [-0.15, -0.1) is 11.3 Å². The maximum Gasteiger partial charge on any atom is 0.410 e. The van der Waals surface area contributed by atoms with Gasteiger partial charge in [0.15, 0.2) is 16.7 Å². The van der Waals surface area contributed by atoms with E-state index in [0.717, 1.165) is 39.2 Å². The average molecular weight is 638 g/mol. The molecule has 0 saturated heterocycles. The summed E-state index contributed by atoms with van der Waals surface area (Å²) in [5, 5.41) is 6.67. The third-order valence-corrected chi connectivity index (χ3v) is 8.04. The predicted molar refractivity (Wildman–Crippen MR) is 175 cm³/mol. The first-order chi connectivity index (χ1) is 21.1. The molecule has 0 unspecified atom stereocenters. The molecule has 1 amide bonds. The van der Waals surface area contributed by atoms with Gasteiger partial charge in [0, 0.05) is 56.5 Å². The van der Waals surface area contributed by atoms with Gasteiger partial charge < -0.3 is 29.7 Å². The van der Waals surface area contributed by atoms with Gasteiger partial charge in [-0.1, -0.05) is 6.07 Å². The number of pyridine rings is 2. The molecular weight excluding hydrogens is 602 g/mol. The van der Waals surface area contributed by atoms with Gasteiger partial charge in [0.1, 0.15) is 11.4 Å². The highest BCUT2D eigenvalue weighted by Crippen LogP contribution is 2.39. The summed E-state index contributed by atoms with van der Waals surface area (Å²) in [5.74, 6) is 0.106. The van der Waals surface area contributed by atoms with Crippen LogP contribution in [0.15, 0.2) is 54.9 Å². The van der Waals surface area contributed by atoms with Crippen LogP contribution in [0.3, 0.4) is 0 Å². The number of methoxy groups -OCH3 is 1. The van der Waals surface area contributed by atoms with Gasteiger partial charge in [0.05, 0.1) is 27.4 Å². The van der Waals surface area contributed by atoms with Crippen LogP contribution >= 0.6 is 23.6 Å². The lowest BCUT2D eigenvalue weighted by molar-refractivity contribution is 0.0204. The van der Waals surface area contributed by atoms with Gasteiger partial charge in [0.2, 0.25) is 0 Å². The number of nitrogens with zero attached hydrogens (tertiary/aromatic N) is 3. The first kappa shape index (κ1) is 31.6. The van der Waals surface area contributed by atoms with Crippen molar-refractivity contribution in [2.24, 2.45) is 0 Å². The molecule has 1 fully saturated rings. The van der Waals surface area contributed by atoms with E-state index >= 15 is 0 Å². The highest BCUT2D eigenvalue weighted by molar-refractivity contribution is 7.80. The van der Waals surface area contributed by atoms with Crippen molar-refractivity contribution >= 4 is 50.7 Å². The number of benzene rings is 1. The van der Waals surface area contributed by atoms with Gasteiger partial charge >= 0.3 is 6.09 Å². The zero-order valence-corrected chi connectivity index (χ0v) is 26.8. The molecule has 44 heavy (non-hydrogen) atoms. The van der Waals surface area contributed by atoms with E-state index in [9.17, 15) is 9.18 Å². The van der Waals surface area contributed by atoms with Crippen molar-refractivity contribution < 1.29 is 23.4 Å². The van der Waals surface area contributed by atoms with Crippen molar-refractivity contribution in [3.05, 3.63) is 66.2 Å². The third-order valence-electron chi connectivity index (χ3n) is 6.66. The van der Waals surface area contributed by atoms with Crippen molar-refractivity contribution in [2.45, 2.75) is 51.7 Å². The number of halogens is 1. The Morgan fingerprint density at radius 3 is 2.61 bits per heavy atom. The first-order valence-corrected chi connectivity index (χ1v) is 15.7. The van der Waals surface area contributed by atoms with E-state index in [1.807, 2.05) is 45.2 Å². The Labute approximate surface area is 265 Å². The quantitative estimate of drug-likeness (QED) is 0.166. The molecule has 1 saturated carbocycles. The van der Waals surface area contributed by atoms with Gasteiger partial charge in [-0.3, -0.25) is 9.97 Å². The Bertz CT molecular complexity index is 1620. The number of nitrogens with one attached hydrogen (secondary N) is 2. The second kappa shape index (κ2) is 13.8. The zero-order chi connectivity index (χ0) is 31.3. The molecule has 5 rings (SSSR count). The second-order valence-electron chi connectivity index (χ2n) is 11.5. The summed E-state index contributed by atoms with van der Waals surface area (Å²) in [6.07, 6.45) is 5.89. The standard InChI is InChI=1S/C32H36FN5O4S2/c1-32(2,3)42-31(39)38(15-16-40-4)14-12-20-5-9-24(35-19-20)28-18-25-29(44-28)27(11-13-34-25)41-26-10-8-22(17-23(26)33)37-30(43)36-21-6-7-21/h5,8-11,13,17-19,21H,6-7,12,14-16H2,1-4H3,(H2,36,37,43). The maximum atomic E-state index is 15.0. The fraction of sp³-hybridized carbons (Fsp3) is 0.375. The van der Waals surface area contributed by atoms with Crippen LogP contribution in [0.25, 0.3) is 20.8 Å². The lowest BCUT2D eigenvalue weighted by Crippen LogP contribution is -2.39. The molecule has 4 aromatic rings. The van der Waals surface area contributed by atoms with Crippen molar-refractivity contribution in [3.8, 4) is 22.1 Å². The highest BCUT2D eigenvalue weighted by Gasteiger charge is 2.23. The molecule has 1 aliphatic rings. The SMILES string of the molecule is COCCN(CCc1ccc(-c2cc3nccc(Oc4ccc(NC(=S)NC5CC5)cc4F)c3s2)nc1)C(=O)OC(C)(C)C. The van der Waals surface area contributed by atoms with E-state index in [2.05, 4.69) is 20.6 Å². The number of amides is 1. The van der Waals surface area contributed by atoms with Gasteiger partial charge in [0.25, 0.3) is 0 Å². The van der Waals surface area contributed by atoms with E-state index in [1.54, 1.807) is 36.4 Å². The topological polar surface area (TPSA) is 97.8 Å². The minimum absolute atomic E-state index is 0.104. The van der Waals surface area contributed by atoms with Gasteiger partial charge in [-0.05, 0) is 82.1 Å². The first-order valence-electron chi connectivity index (χ1n) is 14.4. The van der Waals surface area contributed by atoms with E-state index in [-0.39, 0.29) is 11.8 Å². The van der Waals surface area contributed by atoms with E-state index in [0.29, 0.717) is 48.7 Å². The highest BCUT2D eigenvalue weighted by atomic mass is 32.1. The van der Waals surface area contributed by atoms with Crippen LogP contribution in [-0.2, 0) is 15.9 Å². The van der Waals surface area contributed by atoms with Crippen LogP contribution in [0.1, 0.15) is 39.2 Å². The molecule has 3 heterocycles. The molecule has 1 aromatic carbocycles. The average Bonchev–Trinajstić information content (AvgIpc) is 3.67. The minimum atomic E-state index is -0.576. The minimum Gasteiger partial charge on any atom is -0.453 e. The number of hydrogen-bond acceptors (Lipinski definition) is 8. The summed E-state index contributed by atoms with van der Waals surface area (Å²) in [6, 6.07) is 12.7. The van der Waals surface area contributed by atoms with E-state index in [4.69, 9.17) is 26.4 Å². The monoisotopic (exact) mass is 637 g/mol. The van der Waals surface area contributed by atoms with Crippen LogP contribution < -0.4 is 15.4 Å². The van der Waals surface area contributed by atoms with Crippen LogP contribution in [0, 0.1) is 5.82 Å². The summed E-state index contributed by atoms with van der Waals surface area (Å²) in [7, 11) is 1.60. The summed E-state index contributed by atoms with van der Waals surface area (Å²) < 4.78 is 32.5. The Kier molecular flexibility index (Phi) is 9.92.